The first kappa shape index (κ1) is 38.8. The summed E-state index contributed by atoms with van der Waals surface area (Å²) in [5.41, 5.74) is 6.85. The van der Waals surface area contributed by atoms with Crippen LogP contribution in [-0.2, 0) is 37.2 Å². The molecule has 0 radical (unpaired) electrons. The molecule has 300 valence electrons. The number of imide groups is 1. The Morgan fingerprint density at radius 2 is 1.64 bits per heavy atom. The highest BCUT2D eigenvalue weighted by Crippen LogP contribution is 2.29. The van der Waals surface area contributed by atoms with Gasteiger partial charge in [-0.05, 0) is 91.4 Å². The smallest absolute Gasteiger partial charge is 0.255 e. The molecule has 3 aromatic carbocycles. The number of amides is 4. The molecule has 5 heterocycles. The second kappa shape index (κ2) is 16.4. The molecule has 2 N–H and O–H groups in total. The summed E-state index contributed by atoms with van der Waals surface area (Å²) in [6.07, 6.45) is 6.94. The van der Waals surface area contributed by atoms with Crippen molar-refractivity contribution in [1.82, 2.24) is 29.7 Å². The van der Waals surface area contributed by atoms with Gasteiger partial charge in [-0.1, -0.05) is 43.2 Å². The van der Waals surface area contributed by atoms with Crippen LogP contribution in [0.4, 0.5) is 17.3 Å². The number of fused-ring (bicyclic) bond motifs is 2. The van der Waals surface area contributed by atoms with Gasteiger partial charge in [-0.2, -0.15) is 4.98 Å². The molecule has 8 rings (SSSR count). The van der Waals surface area contributed by atoms with Crippen LogP contribution in [0, 0.1) is 0 Å². The molecular weight excluding hydrogens is 757 g/mol. The fraction of sp³-hybridized carbons (Fsp3) is 0.349. The molecule has 2 fully saturated rings. The number of unbranched alkanes of at least 4 members (excludes halogenated alkanes) is 3. The Kier molecular flexibility index (Phi) is 11.0. The summed E-state index contributed by atoms with van der Waals surface area (Å²) in [6.45, 7) is 3.27. The maximum absolute atomic E-state index is 13.1. The van der Waals surface area contributed by atoms with E-state index in [1.165, 1.54) is 6.26 Å². The van der Waals surface area contributed by atoms with Crippen molar-refractivity contribution in [3.8, 4) is 11.3 Å². The third kappa shape index (κ3) is 8.44. The van der Waals surface area contributed by atoms with Gasteiger partial charge in [-0.25, -0.2) is 12.9 Å². The van der Waals surface area contributed by atoms with Gasteiger partial charge >= 0.3 is 0 Å². The molecule has 5 aromatic rings. The first-order valence-corrected chi connectivity index (χ1v) is 21.7. The van der Waals surface area contributed by atoms with Gasteiger partial charge in [0, 0.05) is 74.3 Å². The third-order valence-corrected chi connectivity index (χ3v) is 12.4. The lowest BCUT2D eigenvalue weighted by atomic mass is 10.0. The molecule has 3 aliphatic rings. The lowest BCUT2D eigenvalue weighted by Gasteiger charge is -2.36. The molecule has 0 spiro atoms. The SMILES string of the molecule is CS(=O)(=O)c1ccc(-c2cccc3nc(Nc4ccc(N5CCN(C(=O)CCCCCCc6ccc7c(c6)C(=O)N(C6CCC(=O)NC6=O)C7)CC5)cc4)nn23)cc1. The van der Waals surface area contributed by atoms with E-state index >= 15 is 0 Å². The van der Waals surface area contributed by atoms with E-state index in [4.69, 9.17) is 0 Å². The van der Waals surface area contributed by atoms with Crippen LogP contribution in [0.2, 0.25) is 0 Å². The summed E-state index contributed by atoms with van der Waals surface area (Å²) < 4.78 is 25.5. The number of benzene rings is 3. The van der Waals surface area contributed by atoms with Crippen molar-refractivity contribution in [1.29, 1.82) is 0 Å². The number of carbonyl (C=O) groups excluding carboxylic acids is 4. The molecule has 1 unspecified atom stereocenters. The predicted octanol–water partition coefficient (Wildman–Crippen LogP) is 5.15. The maximum atomic E-state index is 13.1. The number of pyridine rings is 1. The van der Waals surface area contributed by atoms with E-state index < -0.39 is 21.8 Å². The highest BCUT2D eigenvalue weighted by atomic mass is 32.2. The summed E-state index contributed by atoms with van der Waals surface area (Å²) in [6, 6.07) is 25.9. The van der Waals surface area contributed by atoms with E-state index in [-0.39, 0.29) is 29.0 Å². The summed E-state index contributed by atoms with van der Waals surface area (Å²) in [4.78, 5) is 60.8. The third-order valence-electron chi connectivity index (χ3n) is 11.3. The number of anilines is 3. The van der Waals surface area contributed by atoms with Crippen LogP contribution in [0.25, 0.3) is 16.9 Å². The second-order valence-corrected chi connectivity index (χ2v) is 17.3. The maximum Gasteiger partial charge on any atom is 0.255 e. The van der Waals surface area contributed by atoms with E-state index in [9.17, 15) is 27.6 Å². The quantitative estimate of drug-likeness (QED) is 0.120. The normalized spacial score (nSPS) is 17.2. The van der Waals surface area contributed by atoms with Crippen molar-refractivity contribution in [3.63, 3.8) is 0 Å². The number of rotatable bonds is 13. The van der Waals surface area contributed by atoms with Gasteiger partial charge in [0.1, 0.15) is 6.04 Å². The van der Waals surface area contributed by atoms with Gasteiger partial charge in [-0.15, -0.1) is 5.10 Å². The Bertz CT molecular complexity index is 2480. The lowest BCUT2D eigenvalue weighted by Crippen LogP contribution is -2.52. The van der Waals surface area contributed by atoms with Crippen LogP contribution in [0.1, 0.15) is 66.4 Å². The molecule has 2 saturated heterocycles. The zero-order chi connectivity index (χ0) is 40.4. The van der Waals surface area contributed by atoms with Crippen molar-refractivity contribution in [2.24, 2.45) is 0 Å². The summed E-state index contributed by atoms with van der Waals surface area (Å²) in [7, 11) is -3.29. The summed E-state index contributed by atoms with van der Waals surface area (Å²) in [5, 5.41) is 10.3. The molecular formula is C43H46N8O6S. The standard InChI is InChI=1S/C43H46N8O6S/c1-58(56,57)34-19-13-30(14-20-34)36-8-6-9-38-45-43(47-51(36)38)44-32-15-17-33(18-16-32)48-23-25-49(26-24-48)40(53)10-5-3-2-4-7-29-11-12-31-28-50(42(55)35(31)27-29)37-21-22-39(52)46-41(37)54/h6,8-9,11-20,27,37H,2-5,7,10,21-26,28H2,1H3,(H,44,47)(H,46,52,54). The van der Waals surface area contributed by atoms with E-state index in [0.717, 1.165) is 79.0 Å². The van der Waals surface area contributed by atoms with E-state index in [2.05, 4.69) is 43.8 Å². The number of piperidine rings is 1. The summed E-state index contributed by atoms with van der Waals surface area (Å²) in [5.74, 6) is -0.192. The Morgan fingerprint density at radius 1 is 0.879 bits per heavy atom. The van der Waals surface area contributed by atoms with Crippen molar-refractivity contribution in [2.45, 2.75) is 68.8 Å². The number of nitrogens with one attached hydrogen (secondary N) is 2. The Hall–Kier alpha value is -6.09. The first-order valence-electron chi connectivity index (χ1n) is 19.8. The van der Waals surface area contributed by atoms with Crippen LogP contribution >= 0.6 is 0 Å². The van der Waals surface area contributed by atoms with Crippen LogP contribution < -0.4 is 15.5 Å². The largest absolute Gasteiger partial charge is 0.368 e. The second-order valence-electron chi connectivity index (χ2n) is 15.3. The van der Waals surface area contributed by atoms with Crippen LogP contribution in [-0.4, -0.2) is 94.9 Å². The number of carbonyl (C=O) groups is 4. The van der Waals surface area contributed by atoms with Crippen LogP contribution in [0.3, 0.4) is 0 Å². The van der Waals surface area contributed by atoms with Gasteiger partial charge in [-0.3, -0.25) is 24.5 Å². The molecule has 3 aliphatic heterocycles. The van der Waals surface area contributed by atoms with Crippen molar-refractivity contribution < 1.29 is 27.6 Å². The number of piperazine rings is 1. The number of aromatic nitrogens is 3. The molecule has 15 heteroatoms. The average molecular weight is 803 g/mol. The van der Waals surface area contributed by atoms with Gasteiger partial charge in [0.05, 0.1) is 10.6 Å². The molecule has 0 saturated carbocycles. The van der Waals surface area contributed by atoms with Crippen molar-refractivity contribution in [3.05, 3.63) is 102 Å². The highest BCUT2D eigenvalue weighted by Gasteiger charge is 2.39. The summed E-state index contributed by atoms with van der Waals surface area (Å²) >= 11 is 0. The van der Waals surface area contributed by atoms with Gasteiger partial charge in [0.25, 0.3) is 5.91 Å². The average Bonchev–Trinajstić information content (AvgIpc) is 3.78. The van der Waals surface area contributed by atoms with Crippen LogP contribution in [0.5, 0.6) is 0 Å². The number of hydrogen-bond donors (Lipinski definition) is 2. The van der Waals surface area contributed by atoms with Gasteiger partial charge < -0.3 is 20.0 Å². The molecule has 4 amide bonds. The molecule has 14 nitrogen and oxygen atoms in total. The minimum atomic E-state index is -3.29. The minimum absolute atomic E-state index is 0.148. The predicted molar refractivity (Wildman–Crippen MR) is 219 cm³/mol. The van der Waals surface area contributed by atoms with Crippen molar-refractivity contribution in [2.75, 3.05) is 42.7 Å². The Balaban J connectivity index is 0.752. The lowest BCUT2D eigenvalue weighted by molar-refractivity contribution is -0.137. The van der Waals surface area contributed by atoms with E-state index in [1.807, 2.05) is 47.4 Å². The highest BCUT2D eigenvalue weighted by molar-refractivity contribution is 7.90. The van der Waals surface area contributed by atoms with Crippen LogP contribution in [0.15, 0.2) is 89.8 Å². The molecule has 1 atom stereocenters. The molecule has 2 aromatic heterocycles. The zero-order valence-electron chi connectivity index (χ0n) is 32.4. The minimum Gasteiger partial charge on any atom is -0.368 e. The topological polar surface area (TPSA) is 166 Å². The number of hydrogen-bond acceptors (Lipinski definition) is 10. The zero-order valence-corrected chi connectivity index (χ0v) is 33.2. The molecule has 58 heavy (non-hydrogen) atoms. The fourth-order valence-corrected chi connectivity index (χ4v) is 8.65. The van der Waals surface area contributed by atoms with E-state index in [1.54, 1.807) is 33.7 Å². The van der Waals surface area contributed by atoms with E-state index in [0.29, 0.717) is 49.6 Å². The Labute approximate surface area is 337 Å². The van der Waals surface area contributed by atoms with Gasteiger partial charge in [0.15, 0.2) is 15.5 Å². The Morgan fingerprint density at radius 3 is 2.38 bits per heavy atom. The van der Waals surface area contributed by atoms with Gasteiger partial charge in [0.2, 0.25) is 23.7 Å². The number of sulfone groups is 1. The molecule has 0 aliphatic carbocycles. The number of aryl methyl sites for hydroxylation is 1. The molecule has 0 bridgehead atoms. The first-order chi connectivity index (χ1) is 28.0. The fourth-order valence-electron chi connectivity index (χ4n) is 8.02. The van der Waals surface area contributed by atoms with Crippen molar-refractivity contribution >= 4 is 56.4 Å². The number of nitrogens with zero attached hydrogens (tertiary/aromatic N) is 6. The monoisotopic (exact) mass is 802 g/mol.